The first-order chi connectivity index (χ1) is 16.2. The van der Waals surface area contributed by atoms with Crippen LogP contribution in [-0.2, 0) is 11.2 Å². The fraction of sp³-hybridized carbons (Fsp3) is 0.217. The number of furan rings is 1. The number of thioether (sulfide) groups is 1. The van der Waals surface area contributed by atoms with E-state index in [-0.39, 0.29) is 17.7 Å². The lowest BCUT2D eigenvalue weighted by Gasteiger charge is -2.19. The normalized spacial score (nSPS) is 15.6. The van der Waals surface area contributed by atoms with Crippen LogP contribution in [0.3, 0.4) is 0 Å². The molecular weight excluding hydrogens is 460 g/mol. The van der Waals surface area contributed by atoms with Gasteiger partial charge in [-0.25, -0.2) is 5.01 Å². The molecule has 10 heteroatoms. The van der Waals surface area contributed by atoms with E-state index in [1.54, 1.807) is 24.7 Å². The van der Waals surface area contributed by atoms with Crippen molar-refractivity contribution in [3.8, 4) is 5.75 Å². The molecule has 4 heterocycles. The fourth-order valence-corrected chi connectivity index (χ4v) is 4.86. The van der Waals surface area contributed by atoms with Gasteiger partial charge in [0.05, 0.1) is 36.1 Å². The first kappa shape index (κ1) is 21.5. The van der Waals surface area contributed by atoms with Crippen molar-refractivity contribution >= 4 is 34.7 Å². The third-order valence-electron chi connectivity index (χ3n) is 5.12. The van der Waals surface area contributed by atoms with E-state index in [0.29, 0.717) is 29.7 Å². The van der Waals surface area contributed by atoms with E-state index in [1.807, 2.05) is 53.9 Å². The molecule has 1 aliphatic rings. The third kappa shape index (κ3) is 4.86. The molecule has 0 unspecified atom stereocenters. The lowest BCUT2D eigenvalue weighted by atomic mass is 10.1. The number of thiophene rings is 1. The molecule has 0 bridgehead atoms. The Morgan fingerprint density at radius 1 is 1.21 bits per heavy atom. The number of hydrogen-bond acceptors (Lipinski definition) is 9. The second kappa shape index (κ2) is 9.63. The first-order valence-corrected chi connectivity index (χ1v) is 12.1. The van der Waals surface area contributed by atoms with Gasteiger partial charge in [0.15, 0.2) is 0 Å². The molecule has 0 N–H and O–H groups in total. The number of rotatable bonds is 8. The van der Waals surface area contributed by atoms with E-state index in [2.05, 4.69) is 15.3 Å². The van der Waals surface area contributed by atoms with Crippen LogP contribution >= 0.6 is 23.1 Å². The summed E-state index contributed by atoms with van der Waals surface area (Å²) in [5.74, 6) is 1.97. The highest BCUT2D eigenvalue weighted by molar-refractivity contribution is 7.99. The second-order valence-electron chi connectivity index (χ2n) is 7.27. The number of carbonyl (C=O) groups excluding carboxylic acids is 1. The Kier molecular flexibility index (Phi) is 6.27. The van der Waals surface area contributed by atoms with E-state index in [0.717, 1.165) is 21.9 Å². The highest BCUT2D eigenvalue weighted by Crippen LogP contribution is 2.34. The number of hydrogen-bond donors (Lipinski definition) is 0. The van der Waals surface area contributed by atoms with Gasteiger partial charge in [-0.1, -0.05) is 30.0 Å². The Morgan fingerprint density at radius 2 is 2.09 bits per heavy atom. The van der Waals surface area contributed by atoms with Gasteiger partial charge >= 0.3 is 0 Å². The molecule has 5 rings (SSSR count). The first-order valence-electron chi connectivity index (χ1n) is 10.2. The van der Waals surface area contributed by atoms with Crippen molar-refractivity contribution < 1.29 is 18.4 Å². The maximum Gasteiger partial charge on any atom is 0.277 e. The van der Waals surface area contributed by atoms with Crippen molar-refractivity contribution in [3.63, 3.8) is 0 Å². The minimum absolute atomic E-state index is 0.128. The van der Waals surface area contributed by atoms with Crippen LogP contribution in [0, 0.1) is 0 Å². The van der Waals surface area contributed by atoms with Crippen molar-refractivity contribution in [2.24, 2.45) is 5.10 Å². The average molecular weight is 481 g/mol. The van der Waals surface area contributed by atoms with Crippen molar-refractivity contribution in [2.75, 3.05) is 12.9 Å². The number of ether oxygens (including phenoxy) is 1. The largest absolute Gasteiger partial charge is 0.497 e. The van der Waals surface area contributed by atoms with Crippen LogP contribution in [0.5, 0.6) is 5.75 Å². The van der Waals surface area contributed by atoms with Crippen LogP contribution < -0.4 is 4.74 Å². The third-order valence-corrected chi connectivity index (χ3v) is 6.85. The van der Waals surface area contributed by atoms with Gasteiger partial charge in [0, 0.05) is 6.42 Å². The highest BCUT2D eigenvalue weighted by atomic mass is 32.2. The van der Waals surface area contributed by atoms with E-state index in [1.165, 1.54) is 16.8 Å². The van der Waals surface area contributed by atoms with Gasteiger partial charge in [-0.3, -0.25) is 4.79 Å². The van der Waals surface area contributed by atoms with E-state index >= 15 is 0 Å². The van der Waals surface area contributed by atoms with Gasteiger partial charge in [-0.05, 0) is 41.3 Å². The zero-order chi connectivity index (χ0) is 22.6. The summed E-state index contributed by atoms with van der Waals surface area (Å²) >= 11 is 2.81. The summed E-state index contributed by atoms with van der Waals surface area (Å²) in [6.45, 7) is 0. The molecule has 0 saturated heterocycles. The van der Waals surface area contributed by atoms with Crippen molar-refractivity contribution in [1.29, 1.82) is 0 Å². The van der Waals surface area contributed by atoms with Crippen molar-refractivity contribution in [1.82, 2.24) is 15.2 Å². The van der Waals surface area contributed by atoms with Gasteiger partial charge in [0.25, 0.3) is 11.1 Å². The summed E-state index contributed by atoms with van der Waals surface area (Å²) in [7, 11) is 1.63. The van der Waals surface area contributed by atoms with Gasteiger partial charge in [-0.15, -0.1) is 21.5 Å². The molecule has 0 fully saturated rings. The highest BCUT2D eigenvalue weighted by Gasteiger charge is 2.35. The van der Waals surface area contributed by atoms with Gasteiger partial charge in [-0.2, -0.15) is 5.10 Å². The van der Waals surface area contributed by atoms with Crippen LogP contribution in [0.2, 0.25) is 0 Å². The summed E-state index contributed by atoms with van der Waals surface area (Å²) in [6.07, 6.45) is 2.72. The van der Waals surface area contributed by atoms with Gasteiger partial charge in [0.2, 0.25) is 5.89 Å². The number of hydrazone groups is 1. The molecule has 0 radical (unpaired) electrons. The number of amides is 1. The van der Waals surface area contributed by atoms with Crippen LogP contribution in [-0.4, -0.2) is 39.7 Å². The molecule has 1 aromatic carbocycles. The van der Waals surface area contributed by atoms with Crippen molar-refractivity contribution in [2.45, 2.75) is 24.1 Å². The Bertz CT molecular complexity index is 1230. The van der Waals surface area contributed by atoms with E-state index < -0.39 is 0 Å². The van der Waals surface area contributed by atoms with E-state index in [4.69, 9.17) is 13.6 Å². The summed E-state index contributed by atoms with van der Waals surface area (Å²) in [5.41, 5.74) is 1.91. The summed E-state index contributed by atoms with van der Waals surface area (Å²) in [4.78, 5) is 14.1. The van der Waals surface area contributed by atoms with Crippen LogP contribution in [0.15, 0.2) is 79.3 Å². The molecule has 33 heavy (non-hydrogen) atoms. The minimum Gasteiger partial charge on any atom is -0.497 e. The Hall–Kier alpha value is -3.37. The fourth-order valence-electron chi connectivity index (χ4n) is 3.51. The number of aromatic nitrogens is 2. The molecule has 1 atom stereocenters. The molecule has 1 amide bonds. The summed E-state index contributed by atoms with van der Waals surface area (Å²) < 4.78 is 16.5. The maximum atomic E-state index is 13.1. The number of nitrogens with zero attached hydrogens (tertiary/aromatic N) is 4. The lowest BCUT2D eigenvalue weighted by Crippen LogP contribution is -2.28. The van der Waals surface area contributed by atoms with Crippen LogP contribution in [0.4, 0.5) is 0 Å². The predicted octanol–water partition coefficient (Wildman–Crippen LogP) is 4.79. The van der Waals surface area contributed by atoms with Gasteiger partial charge in [0.1, 0.15) is 17.6 Å². The van der Waals surface area contributed by atoms with Gasteiger partial charge < -0.3 is 13.6 Å². The Balaban J connectivity index is 1.24. The molecule has 3 aromatic heterocycles. The number of benzene rings is 1. The monoisotopic (exact) mass is 480 g/mol. The molecule has 0 saturated carbocycles. The molecule has 8 nitrogen and oxygen atoms in total. The number of methoxy groups -OCH3 is 1. The number of carbonyl (C=O) groups is 1. The van der Waals surface area contributed by atoms with Crippen LogP contribution in [0.1, 0.15) is 34.6 Å². The SMILES string of the molecule is COc1ccc(Cc2nnc(SCC(=O)N3N=C(c4cccs4)C[C@@H]3c3ccco3)o2)cc1. The Labute approximate surface area is 198 Å². The topological polar surface area (TPSA) is 94.0 Å². The van der Waals surface area contributed by atoms with Crippen molar-refractivity contribution in [3.05, 3.63) is 82.3 Å². The standard InChI is InChI=1S/C23H20N4O4S2/c1-29-16-8-6-15(7-9-16)12-21-24-25-23(31-21)33-14-22(28)27-18(19-4-2-10-30-19)13-17(26-27)20-5-3-11-32-20/h2-11,18H,12-14H2,1H3/t18-/m1/s1. The zero-order valence-corrected chi connectivity index (χ0v) is 19.3. The molecule has 1 aliphatic heterocycles. The Morgan fingerprint density at radius 3 is 2.82 bits per heavy atom. The van der Waals surface area contributed by atoms with E-state index in [9.17, 15) is 4.79 Å². The molecular formula is C23H20N4O4S2. The smallest absolute Gasteiger partial charge is 0.277 e. The maximum absolute atomic E-state index is 13.1. The molecule has 0 aliphatic carbocycles. The van der Waals surface area contributed by atoms with Crippen LogP contribution in [0.25, 0.3) is 0 Å². The minimum atomic E-state index is -0.265. The quantitative estimate of drug-likeness (QED) is 0.335. The second-order valence-corrected chi connectivity index (χ2v) is 9.15. The molecule has 0 spiro atoms. The summed E-state index contributed by atoms with van der Waals surface area (Å²) in [6, 6.07) is 15.1. The average Bonchev–Trinajstić information content (AvgIpc) is 3.63. The zero-order valence-electron chi connectivity index (χ0n) is 17.7. The predicted molar refractivity (Wildman–Crippen MR) is 125 cm³/mol. The molecule has 168 valence electrons. The lowest BCUT2D eigenvalue weighted by molar-refractivity contribution is -0.130. The molecule has 4 aromatic rings. The summed E-state index contributed by atoms with van der Waals surface area (Å²) in [5, 5.41) is 16.6.